The van der Waals surface area contributed by atoms with Crippen LogP contribution in [0.2, 0.25) is 0 Å². The number of phenolic OH excluding ortho intramolecular Hbond substituents is 1. The van der Waals surface area contributed by atoms with Crippen LogP contribution >= 0.6 is 0 Å². The molecule has 0 bridgehead atoms. The summed E-state index contributed by atoms with van der Waals surface area (Å²) in [7, 11) is 1.61. The molecule has 0 spiro atoms. The van der Waals surface area contributed by atoms with Gasteiger partial charge in [0.2, 0.25) is 11.8 Å². The van der Waals surface area contributed by atoms with Gasteiger partial charge in [0.25, 0.3) is 0 Å². The molecule has 3 atom stereocenters. The van der Waals surface area contributed by atoms with Gasteiger partial charge in [-0.3, -0.25) is 14.3 Å². The molecule has 1 saturated heterocycles. The first kappa shape index (κ1) is 33.2. The van der Waals surface area contributed by atoms with Crippen molar-refractivity contribution < 1.29 is 23.7 Å². The number of carbonyl (C=O) groups excluding carboxylic acids is 3. The van der Waals surface area contributed by atoms with Crippen molar-refractivity contribution in [1.82, 2.24) is 25.3 Å². The Kier molecular flexibility index (Phi) is 11.7. The van der Waals surface area contributed by atoms with Crippen LogP contribution in [0.25, 0.3) is 0 Å². The molecule has 0 saturated carbocycles. The third-order valence-corrected chi connectivity index (χ3v) is 7.87. The van der Waals surface area contributed by atoms with Gasteiger partial charge in [0.05, 0.1) is 13.1 Å². The van der Waals surface area contributed by atoms with Crippen molar-refractivity contribution in [1.29, 1.82) is 0 Å². The normalized spacial score (nSPS) is 17.0. The van der Waals surface area contributed by atoms with Crippen molar-refractivity contribution in [2.75, 3.05) is 31.4 Å². The van der Waals surface area contributed by atoms with E-state index in [0.717, 1.165) is 16.7 Å². The number of anilines is 1. The third kappa shape index (κ3) is 9.14. The summed E-state index contributed by atoms with van der Waals surface area (Å²) in [4.78, 5) is 46.1. The molecule has 6 N–H and O–H groups in total. The van der Waals surface area contributed by atoms with Gasteiger partial charge in [-0.25, -0.2) is 14.1 Å². The lowest BCUT2D eigenvalue weighted by Gasteiger charge is -2.49. The number of amides is 4. The first-order valence-electron chi connectivity index (χ1n) is 14.4. The maximum Gasteiger partial charge on any atom is 0.319 e. The average molecular weight is 634 g/mol. The second kappa shape index (κ2) is 15.8. The molecule has 1 heterocycles. The molecule has 0 aromatic heterocycles. The highest BCUT2D eigenvalue weighted by Crippen LogP contribution is 2.26. The standard InChI is InChI=1S/C32H39N7O5S/c1-3-16-34-20-30(41)39-28(18-23-12-14-27(40)15-13-23)31(42)38(21-25-10-7-11-26(17-25)36-45(33)44)22-29(39)37(2)32(43)35-19-24-8-5-4-6-9-24/h3-15,17,28-29,34,36,40H,1,16,18-22,33H2,2H3,(H,35,43)/t28?,29-,45?/m1/s1. The van der Waals surface area contributed by atoms with Crippen LogP contribution in [0.15, 0.2) is 91.5 Å². The molecular weight excluding hydrogens is 594 g/mol. The zero-order chi connectivity index (χ0) is 32.3. The van der Waals surface area contributed by atoms with Crippen molar-refractivity contribution in [3.8, 4) is 5.75 Å². The second-order valence-corrected chi connectivity index (χ2v) is 11.5. The van der Waals surface area contributed by atoms with Crippen molar-refractivity contribution in [2.45, 2.75) is 31.7 Å². The fourth-order valence-corrected chi connectivity index (χ4v) is 5.58. The van der Waals surface area contributed by atoms with Gasteiger partial charge in [-0.1, -0.05) is 60.7 Å². The minimum Gasteiger partial charge on any atom is -0.508 e. The monoisotopic (exact) mass is 633 g/mol. The fraction of sp³-hybridized carbons (Fsp3) is 0.281. The fourth-order valence-electron chi connectivity index (χ4n) is 5.22. The Morgan fingerprint density at radius 2 is 1.78 bits per heavy atom. The Morgan fingerprint density at radius 3 is 2.47 bits per heavy atom. The minimum absolute atomic E-state index is 0.0494. The number of aromatic hydroxyl groups is 1. The summed E-state index contributed by atoms with van der Waals surface area (Å²) in [5, 5.41) is 21.2. The number of urea groups is 1. The van der Waals surface area contributed by atoms with Crippen molar-refractivity contribution in [3.63, 3.8) is 0 Å². The summed E-state index contributed by atoms with van der Waals surface area (Å²) in [5.74, 6) is -0.565. The highest BCUT2D eigenvalue weighted by atomic mass is 32.2. The highest BCUT2D eigenvalue weighted by molar-refractivity contribution is 7.84. The number of nitrogens with one attached hydrogen (secondary N) is 3. The topological polar surface area (TPSA) is 160 Å². The zero-order valence-electron chi connectivity index (χ0n) is 25.1. The summed E-state index contributed by atoms with van der Waals surface area (Å²) in [5.41, 5.74) is 2.91. The lowest BCUT2D eigenvalue weighted by Crippen LogP contribution is -2.69. The lowest BCUT2D eigenvalue weighted by atomic mass is 9.98. The molecule has 12 nitrogen and oxygen atoms in total. The quantitative estimate of drug-likeness (QED) is 0.143. The van der Waals surface area contributed by atoms with E-state index in [2.05, 4.69) is 21.9 Å². The molecule has 4 amide bonds. The van der Waals surface area contributed by atoms with Crippen molar-refractivity contribution in [3.05, 3.63) is 108 Å². The number of piperazine rings is 1. The van der Waals surface area contributed by atoms with Crippen molar-refractivity contribution in [2.24, 2.45) is 5.14 Å². The predicted molar refractivity (Wildman–Crippen MR) is 174 cm³/mol. The molecule has 1 fully saturated rings. The van der Waals surface area contributed by atoms with Gasteiger partial charge in [-0.15, -0.1) is 6.58 Å². The Morgan fingerprint density at radius 1 is 1.07 bits per heavy atom. The van der Waals surface area contributed by atoms with E-state index in [1.54, 1.807) is 48.4 Å². The number of likely N-dealkylation sites (N-methyl/N-ethyl adjacent to an activating group) is 1. The van der Waals surface area contributed by atoms with Gasteiger partial charge in [-0.05, 0) is 41.0 Å². The second-order valence-electron chi connectivity index (χ2n) is 10.7. The number of rotatable bonds is 13. The van der Waals surface area contributed by atoms with Crippen LogP contribution in [0.1, 0.15) is 16.7 Å². The Hall–Kier alpha value is -4.72. The minimum atomic E-state index is -1.77. The van der Waals surface area contributed by atoms with Gasteiger partial charge in [0, 0.05) is 38.8 Å². The number of carbonyl (C=O) groups is 3. The Labute approximate surface area is 265 Å². The van der Waals surface area contributed by atoms with E-state index in [-0.39, 0.29) is 50.2 Å². The molecule has 3 aromatic rings. The van der Waals surface area contributed by atoms with Crippen LogP contribution in [-0.4, -0.2) is 80.8 Å². The smallest absolute Gasteiger partial charge is 0.319 e. The van der Waals surface area contributed by atoms with E-state index in [9.17, 15) is 23.7 Å². The molecule has 3 aromatic carbocycles. The maximum absolute atomic E-state index is 14.2. The van der Waals surface area contributed by atoms with Crippen LogP contribution in [0, 0.1) is 0 Å². The Bertz CT molecular complexity index is 1510. The van der Waals surface area contributed by atoms with Crippen LogP contribution < -0.4 is 20.5 Å². The van der Waals surface area contributed by atoms with Crippen LogP contribution in [0.3, 0.4) is 0 Å². The van der Waals surface area contributed by atoms with Gasteiger partial charge >= 0.3 is 6.03 Å². The molecule has 13 heteroatoms. The first-order chi connectivity index (χ1) is 21.7. The van der Waals surface area contributed by atoms with E-state index in [1.165, 1.54) is 21.9 Å². The summed E-state index contributed by atoms with van der Waals surface area (Å²) >= 11 is -1.77. The first-order valence-corrected chi connectivity index (χ1v) is 15.6. The molecule has 1 aliphatic rings. The third-order valence-electron chi connectivity index (χ3n) is 7.43. The van der Waals surface area contributed by atoms with Gasteiger partial charge in [-0.2, -0.15) is 0 Å². The van der Waals surface area contributed by atoms with Crippen LogP contribution in [-0.2, 0) is 40.3 Å². The number of nitrogens with two attached hydrogens (primary N) is 1. The summed E-state index contributed by atoms with van der Waals surface area (Å²) < 4.78 is 14.2. The number of nitrogens with zero attached hydrogens (tertiary/aromatic N) is 3. The number of benzene rings is 3. The van der Waals surface area contributed by atoms with Crippen LogP contribution in [0.5, 0.6) is 5.75 Å². The lowest BCUT2D eigenvalue weighted by molar-refractivity contribution is -0.161. The molecule has 0 radical (unpaired) electrons. The zero-order valence-corrected chi connectivity index (χ0v) is 25.9. The molecule has 1 aliphatic heterocycles. The van der Waals surface area contributed by atoms with Gasteiger partial charge in [0.1, 0.15) is 18.0 Å². The molecular formula is C32H39N7O5S. The molecule has 0 aliphatic carbocycles. The van der Waals surface area contributed by atoms with Crippen LogP contribution in [0.4, 0.5) is 10.5 Å². The molecule has 4 rings (SSSR count). The van der Waals surface area contributed by atoms with E-state index in [0.29, 0.717) is 12.2 Å². The largest absolute Gasteiger partial charge is 0.508 e. The summed E-state index contributed by atoms with van der Waals surface area (Å²) in [6.45, 7) is 4.51. The van der Waals surface area contributed by atoms with E-state index < -0.39 is 29.4 Å². The summed E-state index contributed by atoms with van der Waals surface area (Å²) in [6.07, 6.45) is 0.984. The number of phenols is 1. The van der Waals surface area contributed by atoms with Gasteiger partial charge in [0.15, 0.2) is 11.2 Å². The highest BCUT2D eigenvalue weighted by Gasteiger charge is 2.45. The Balaban J connectivity index is 1.68. The van der Waals surface area contributed by atoms with Crippen molar-refractivity contribution >= 4 is 34.7 Å². The van der Waals surface area contributed by atoms with E-state index >= 15 is 0 Å². The molecule has 2 unspecified atom stereocenters. The number of hydrogen-bond acceptors (Lipinski definition) is 6. The average Bonchev–Trinajstić information content (AvgIpc) is 3.02. The summed E-state index contributed by atoms with van der Waals surface area (Å²) in [6, 6.07) is 21.6. The van der Waals surface area contributed by atoms with Gasteiger partial charge < -0.3 is 30.4 Å². The SMILES string of the molecule is C=CCNCC(=O)N1C(Cc2ccc(O)cc2)C(=O)N(Cc2cccc(NS(N)=O)c2)C[C@@H]1N(C)C(=O)NCc1ccccc1. The molecule has 238 valence electrons. The van der Waals surface area contributed by atoms with E-state index in [4.69, 9.17) is 5.14 Å². The maximum atomic E-state index is 14.2. The number of hydrogen-bond donors (Lipinski definition) is 5. The predicted octanol–water partition coefficient (Wildman–Crippen LogP) is 2.07. The van der Waals surface area contributed by atoms with E-state index in [1.807, 2.05) is 36.4 Å². The molecule has 45 heavy (non-hydrogen) atoms.